The predicted molar refractivity (Wildman–Crippen MR) is 73.7 cm³/mol. The maximum Gasteiger partial charge on any atom is 0.216 e. The number of rotatable bonds is 4. The standard InChI is InChI=1S/C15H16N2O2/c1-11(18)17-9-6-12-2-3-14(19)10-15(12)13-4-7-16-8-5-13/h2-5,7-8,10,19H,6,9H2,1H3,(H,17,18). The van der Waals surface area contributed by atoms with Crippen LogP contribution in [-0.4, -0.2) is 22.5 Å². The van der Waals surface area contributed by atoms with Crippen LogP contribution >= 0.6 is 0 Å². The van der Waals surface area contributed by atoms with Gasteiger partial charge in [0.15, 0.2) is 0 Å². The van der Waals surface area contributed by atoms with E-state index in [0.29, 0.717) is 6.54 Å². The molecule has 1 heterocycles. The molecule has 0 fully saturated rings. The third kappa shape index (κ3) is 3.55. The van der Waals surface area contributed by atoms with Crippen molar-refractivity contribution in [3.8, 4) is 16.9 Å². The fraction of sp³-hybridized carbons (Fsp3) is 0.200. The van der Waals surface area contributed by atoms with Gasteiger partial charge in [-0.2, -0.15) is 0 Å². The number of phenols is 1. The van der Waals surface area contributed by atoms with Crippen molar-refractivity contribution in [2.45, 2.75) is 13.3 Å². The first-order chi connectivity index (χ1) is 9.16. The van der Waals surface area contributed by atoms with E-state index in [-0.39, 0.29) is 11.7 Å². The van der Waals surface area contributed by atoms with E-state index < -0.39 is 0 Å². The molecule has 2 rings (SSSR count). The van der Waals surface area contributed by atoms with E-state index in [2.05, 4.69) is 10.3 Å². The molecule has 2 N–H and O–H groups in total. The number of nitrogens with one attached hydrogen (secondary N) is 1. The van der Waals surface area contributed by atoms with Gasteiger partial charge in [-0.3, -0.25) is 9.78 Å². The number of aromatic nitrogens is 1. The summed E-state index contributed by atoms with van der Waals surface area (Å²) in [4.78, 5) is 14.9. The number of pyridine rings is 1. The Bertz CT molecular complexity index is 568. The number of nitrogens with zero attached hydrogens (tertiary/aromatic N) is 1. The Kier molecular flexibility index (Phi) is 4.13. The van der Waals surface area contributed by atoms with E-state index in [0.717, 1.165) is 23.1 Å². The first-order valence-electron chi connectivity index (χ1n) is 6.13. The zero-order valence-electron chi connectivity index (χ0n) is 10.8. The van der Waals surface area contributed by atoms with E-state index in [1.54, 1.807) is 24.5 Å². The summed E-state index contributed by atoms with van der Waals surface area (Å²) in [7, 11) is 0. The van der Waals surface area contributed by atoms with Crippen molar-refractivity contribution < 1.29 is 9.90 Å². The number of phenolic OH excluding ortho intramolecular Hbond substituents is 1. The van der Waals surface area contributed by atoms with Gasteiger partial charge in [0.25, 0.3) is 0 Å². The lowest BCUT2D eigenvalue weighted by atomic mass is 9.98. The van der Waals surface area contributed by atoms with Crippen molar-refractivity contribution in [2.75, 3.05) is 6.54 Å². The average molecular weight is 256 g/mol. The number of aromatic hydroxyl groups is 1. The van der Waals surface area contributed by atoms with E-state index in [1.807, 2.05) is 18.2 Å². The van der Waals surface area contributed by atoms with Crippen molar-refractivity contribution in [2.24, 2.45) is 0 Å². The molecule has 0 bridgehead atoms. The number of hydrogen-bond acceptors (Lipinski definition) is 3. The molecule has 4 heteroatoms. The minimum atomic E-state index is -0.0377. The molecule has 0 aliphatic carbocycles. The van der Waals surface area contributed by atoms with Crippen molar-refractivity contribution in [1.29, 1.82) is 0 Å². The molecule has 2 aromatic rings. The predicted octanol–water partition coefficient (Wildman–Crippen LogP) is 2.13. The van der Waals surface area contributed by atoms with Gasteiger partial charge < -0.3 is 10.4 Å². The zero-order chi connectivity index (χ0) is 13.7. The minimum absolute atomic E-state index is 0.0377. The Labute approximate surface area is 112 Å². The van der Waals surface area contributed by atoms with Crippen molar-refractivity contribution in [3.05, 3.63) is 48.3 Å². The number of benzene rings is 1. The molecule has 0 spiro atoms. The highest BCUT2D eigenvalue weighted by molar-refractivity contribution is 5.73. The van der Waals surface area contributed by atoms with Crippen LogP contribution < -0.4 is 5.32 Å². The molecule has 1 aromatic heterocycles. The van der Waals surface area contributed by atoms with Crippen LogP contribution in [0, 0.1) is 0 Å². The fourth-order valence-corrected chi connectivity index (χ4v) is 1.96. The van der Waals surface area contributed by atoms with E-state index in [4.69, 9.17) is 0 Å². The number of carbonyl (C=O) groups excluding carboxylic acids is 1. The van der Waals surface area contributed by atoms with Crippen LogP contribution in [-0.2, 0) is 11.2 Å². The monoisotopic (exact) mass is 256 g/mol. The Hall–Kier alpha value is -2.36. The van der Waals surface area contributed by atoms with Gasteiger partial charge in [0, 0.05) is 25.9 Å². The number of carbonyl (C=O) groups is 1. The van der Waals surface area contributed by atoms with E-state index >= 15 is 0 Å². The van der Waals surface area contributed by atoms with Gasteiger partial charge >= 0.3 is 0 Å². The molecule has 0 unspecified atom stereocenters. The Morgan fingerprint density at radius 1 is 1.26 bits per heavy atom. The first kappa shape index (κ1) is 13.1. The molecule has 0 saturated heterocycles. The second kappa shape index (κ2) is 6.00. The lowest BCUT2D eigenvalue weighted by Crippen LogP contribution is -2.22. The second-order valence-electron chi connectivity index (χ2n) is 4.31. The van der Waals surface area contributed by atoms with Crippen molar-refractivity contribution in [3.63, 3.8) is 0 Å². The van der Waals surface area contributed by atoms with Gasteiger partial charge in [0.05, 0.1) is 0 Å². The summed E-state index contributed by atoms with van der Waals surface area (Å²) in [6.45, 7) is 2.08. The smallest absolute Gasteiger partial charge is 0.216 e. The summed E-state index contributed by atoms with van der Waals surface area (Å²) in [5.41, 5.74) is 3.05. The SMILES string of the molecule is CC(=O)NCCc1ccc(O)cc1-c1ccncc1. The molecule has 0 atom stereocenters. The molecule has 0 radical (unpaired) electrons. The normalized spacial score (nSPS) is 10.2. The largest absolute Gasteiger partial charge is 0.508 e. The molecule has 4 nitrogen and oxygen atoms in total. The minimum Gasteiger partial charge on any atom is -0.508 e. The highest BCUT2D eigenvalue weighted by atomic mass is 16.3. The Morgan fingerprint density at radius 2 is 2.00 bits per heavy atom. The number of hydrogen-bond donors (Lipinski definition) is 2. The van der Waals surface area contributed by atoms with Gasteiger partial charge in [-0.1, -0.05) is 6.07 Å². The maximum absolute atomic E-state index is 10.9. The van der Waals surface area contributed by atoms with Gasteiger partial charge in [-0.25, -0.2) is 0 Å². The second-order valence-corrected chi connectivity index (χ2v) is 4.31. The van der Waals surface area contributed by atoms with Crippen LogP contribution in [0.3, 0.4) is 0 Å². The average Bonchev–Trinajstić information content (AvgIpc) is 2.41. The molecule has 1 aromatic carbocycles. The molecule has 0 aliphatic rings. The van der Waals surface area contributed by atoms with Crippen LogP contribution in [0.5, 0.6) is 5.75 Å². The van der Waals surface area contributed by atoms with Gasteiger partial charge in [-0.15, -0.1) is 0 Å². The maximum atomic E-state index is 10.9. The van der Waals surface area contributed by atoms with Gasteiger partial charge in [0.1, 0.15) is 5.75 Å². The lowest BCUT2D eigenvalue weighted by Gasteiger charge is -2.10. The molecule has 1 amide bonds. The fourth-order valence-electron chi connectivity index (χ4n) is 1.96. The summed E-state index contributed by atoms with van der Waals surface area (Å²) in [6, 6.07) is 9.08. The Balaban J connectivity index is 2.26. The Morgan fingerprint density at radius 3 is 2.68 bits per heavy atom. The molecule has 0 aliphatic heterocycles. The summed E-state index contributed by atoms with van der Waals surface area (Å²) in [5, 5.41) is 12.4. The topological polar surface area (TPSA) is 62.2 Å². The lowest BCUT2D eigenvalue weighted by molar-refractivity contribution is -0.118. The van der Waals surface area contributed by atoms with Crippen molar-refractivity contribution >= 4 is 5.91 Å². The van der Waals surface area contributed by atoms with E-state index in [1.165, 1.54) is 6.92 Å². The summed E-state index contributed by atoms with van der Waals surface area (Å²) >= 11 is 0. The molecular formula is C15H16N2O2. The molecular weight excluding hydrogens is 240 g/mol. The van der Waals surface area contributed by atoms with E-state index in [9.17, 15) is 9.90 Å². The van der Waals surface area contributed by atoms with Crippen LogP contribution in [0.25, 0.3) is 11.1 Å². The molecule has 98 valence electrons. The third-order valence-electron chi connectivity index (χ3n) is 2.85. The zero-order valence-corrected chi connectivity index (χ0v) is 10.8. The molecule has 19 heavy (non-hydrogen) atoms. The van der Waals surface area contributed by atoms with Crippen LogP contribution in [0.15, 0.2) is 42.7 Å². The molecule has 0 saturated carbocycles. The summed E-state index contributed by atoms with van der Waals surface area (Å²) in [6.07, 6.45) is 4.16. The summed E-state index contributed by atoms with van der Waals surface area (Å²) < 4.78 is 0. The van der Waals surface area contributed by atoms with Gasteiger partial charge in [-0.05, 0) is 47.4 Å². The highest BCUT2D eigenvalue weighted by Gasteiger charge is 2.06. The summed E-state index contributed by atoms with van der Waals surface area (Å²) in [5.74, 6) is 0.194. The van der Waals surface area contributed by atoms with Crippen LogP contribution in [0.1, 0.15) is 12.5 Å². The highest BCUT2D eigenvalue weighted by Crippen LogP contribution is 2.27. The third-order valence-corrected chi connectivity index (χ3v) is 2.85. The number of amides is 1. The first-order valence-corrected chi connectivity index (χ1v) is 6.13. The van der Waals surface area contributed by atoms with Crippen LogP contribution in [0.2, 0.25) is 0 Å². The van der Waals surface area contributed by atoms with Crippen molar-refractivity contribution in [1.82, 2.24) is 10.3 Å². The van der Waals surface area contributed by atoms with Gasteiger partial charge in [0.2, 0.25) is 5.91 Å². The van der Waals surface area contributed by atoms with Crippen LogP contribution in [0.4, 0.5) is 0 Å². The quantitative estimate of drug-likeness (QED) is 0.881.